The van der Waals surface area contributed by atoms with E-state index in [0.717, 1.165) is 12.8 Å². The highest BCUT2D eigenvalue weighted by molar-refractivity contribution is 7.98. The van der Waals surface area contributed by atoms with Gasteiger partial charge in [0.15, 0.2) is 5.16 Å². The fourth-order valence-corrected chi connectivity index (χ4v) is 3.53. The van der Waals surface area contributed by atoms with Gasteiger partial charge in [0, 0.05) is 6.54 Å². The number of unbranched alkanes of at least 4 members (excludes halogenated alkanes) is 1. The molecule has 0 amide bonds. The van der Waals surface area contributed by atoms with Crippen LogP contribution in [-0.2, 0) is 18.8 Å². The van der Waals surface area contributed by atoms with Crippen LogP contribution in [0.2, 0.25) is 0 Å². The molecule has 2 heterocycles. The van der Waals surface area contributed by atoms with Gasteiger partial charge in [-0.05, 0) is 18.6 Å². The maximum Gasteiger partial charge on any atom is 0.343 e. The van der Waals surface area contributed by atoms with Crippen molar-refractivity contribution in [3.63, 3.8) is 0 Å². The molecule has 0 aliphatic carbocycles. The van der Waals surface area contributed by atoms with Gasteiger partial charge in [-0.2, -0.15) is 5.26 Å². The Morgan fingerprint density at radius 2 is 2.08 bits per heavy atom. The minimum atomic E-state index is -0.248. The molecule has 0 bridgehead atoms. The molecule has 1 aromatic carbocycles. The molecular formula is C17H18N6O2S. The van der Waals surface area contributed by atoms with Crippen molar-refractivity contribution in [3.05, 3.63) is 50.9 Å². The Hall–Kier alpha value is -2.86. The molecule has 8 nitrogen and oxygen atoms in total. The zero-order chi connectivity index (χ0) is 18.5. The Labute approximate surface area is 153 Å². The Morgan fingerprint density at radius 1 is 1.27 bits per heavy atom. The van der Waals surface area contributed by atoms with E-state index in [1.165, 1.54) is 16.3 Å². The number of fused-ring (bicyclic) bond motifs is 1. The molecule has 0 atom stereocenters. The first kappa shape index (κ1) is 17.9. The summed E-state index contributed by atoms with van der Waals surface area (Å²) in [7, 11) is 0. The molecule has 2 aromatic heterocycles. The second kappa shape index (κ2) is 8.01. The monoisotopic (exact) mass is 370 g/mol. The molecule has 0 radical (unpaired) electrons. The van der Waals surface area contributed by atoms with Gasteiger partial charge in [-0.25, -0.2) is 14.9 Å². The van der Waals surface area contributed by atoms with E-state index in [4.69, 9.17) is 5.26 Å². The van der Waals surface area contributed by atoms with Crippen LogP contribution in [0.25, 0.3) is 10.9 Å². The van der Waals surface area contributed by atoms with E-state index in [-0.39, 0.29) is 17.8 Å². The van der Waals surface area contributed by atoms with Crippen molar-refractivity contribution >= 4 is 22.7 Å². The SMILES string of the molecule is CCCCn1c(SCc2nc3ccccc3c(=O)n2CC#N)n[nH]c1=O. The Bertz CT molecular complexity index is 1080. The topological polar surface area (TPSA) is 109 Å². The third-order valence-corrected chi connectivity index (χ3v) is 4.93. The number of nitriles is 1. The van der Waals surface area contributed by atoms with Crippen molar-refractivity contribution in [2.24, 2.45) is 0 Å². The van der Waals surface area contributed by atoms with Gasteiger partial charge in [0.2, 0.25) is 0 Å². The number of para-hydroxylation sites is 1. The summed E-state index contributed by atoms with van der Waals surface area (Å²) in [4.78, 5) is 29.1. The van der Waals surface area contributed by atoms with E-state index in [1.54, 1.807) is 22.8 Å². The third kappa shape index (κ3) is 3.55. The van der Waals surface area contributed by atoms with Crippen LogP contribution in [0.1, 0.15) is 25.6 Å². The zero-order valence-electron chi connectivity index (χ0n) is 14.3. The average molecular weight is 370 g/mol. The van der Waals surface area contributed by atoms with Crippen LogP contribution in [0, 0.1) is 11.3 Å². The Kier molecular flexibility index (Phi) is 5.53. The molecule has 0 fully saturated rings. The summed E-state index contributed by atoms with van der Waals surface area (Å²) in [6, 6.07) is 9.07. The molecule has 0 unspecified atom stereocenters. The molecule has 0 aliphatic heterocycles. The molecule has 0 saturated carbocycles. The number of H-pyrrole nitrogens is 1. The number of rotatable bonds is 7. The van der Waals surface area contributed by atoms with Crippen molar-refractivity contribution in [1.29, 1.82) is 5.26 Å². The molecule has 3 aromatic rings. The molecule has 9 heteroatoms. The van der Waals surface area contributed by atoms with Crippen LogP contribution in [0.15, 0.2) is 39.0 Å². The van der Waals surface area contributed by atoms with E-state index < -0.39 is 0 Å². The van der Waals surface area contributed by atoms with Gasteiger partial charge in [0.25, 0.3) is 5.56 Å². The number of aromatic nitrogens is 5. The quantitative estimate of drug-likeness (QED) is 0.636. The second-order valence-corrected chi connectivity index (χ2v) is 6.64. The van der Waals surface area contributed by atoms with E-state index in [1.807, 2.05) is 12.1 Å². The standard InChI is InChI=1S/C17H18N6O2S/c1-2-3-9-23-16(25)20-21-17(23)26-11-14-19-13-7-5-4-6-12(13)15(24)22(14)10-8-18/h4-7H,2-3,9-11H2,1H3,(H,20,25). The van der Waals surface area contributed by atoms with Gasteiger partial charge in [-0.1, -0.05) is 37.2 Å². The normalized spacial score (nSPS) is 10.9. The molecular weight excluding hydrogens is 352 g/mol. The van der Waals surface area contributed by atoms with Crippen molar-refractivity contribution in [2.75, 3.05) is 0 Å². The first-order chi connectivity index (χ1) is 12.7. The molecule has 0 saturated heterocycles. The van der Waals surface area contributed by atoms with Crippen molar-refractivity contribution < 1.29 is 0 Å². The Morgan fingerprint density at radius 3 is 2.85 bits per heavy atom. The predicted molar refractivity (Wildman–Crippen MR) is 98.9 cm³/mol. The lowest BCUT2D eigenvalue weighted by Gasteiger charge is -2.10. The third-order valence-electron chi connectivity index (χ3n) is 3.96. The fourth-order valence-electron chi connectivity index (χ4n) is 2.61. The van der Waals surface area contributed by atoms with Crippen LogP contribution < -0.4 is 11.2 Å². The lowest BCUT2D eigenvalue weighted by Crippen LogP contribution is -2.25. The van der Waals surface area contributed by atoms with Crippen LogP contribution in [0.4, 0.5) is 0 Å². The number of nitrogens with zero attached hydrogens (tertiary/aromatic N) is 5. The maximum absolute atomic E-state index is 12.6. The number of benzene rings is 1. The smallest absolute Gasteiger partial charge is 0.281 e. The summed E-state index contributed by atoms with van der Waals surface area (Å²) >= 11 is 1.32. The summed E-state index contributed by atoms with van der Waals surface area (Å²) in [5.74, 6) is 0.816. The van der Waals surface area contributed by atoms with Crippen molar-refractivity contribution in [3.8, 4) is 6.07 Å². The summed E-state index contributed by atoms with van der Waals surface area (Å²) in [6.07, 6.45) is 1.84. The largest absolute Gasteiger partial charge is 0.343 e. The van der Waals surface area contributed by atoms with Crippen LogP contribution >= 0.6 is 11.8 Å². The molecule has 0 aliphatic rings. The molecule has 134 valence electrons. The van der Waals surface area contributed by atoms with Crippen molar-refractivity contribution in [2.45, 2.75) is 43.8 Å². The summed E-state index contributed by atoms with van der Waals surface area (Å²) in [6.45, 7) is 2.57. The van der Waals surface area contributed by atoms with Crippen LogP contribution in [-0.4, -0.2) is 24.3 Å². The number of hydrogen-bond acceptors (Lipinski definition) is 6. The number of nitrogens with one attached hydrogen (secondary N) is 1. The molecule has 1 N–H and O–H groups in total. The van der Waals surface area contributed by atoms with E-state index in [0.29, 0.717) is 34.2 Å². The number of thioether (sulfide) groups is 1. The van der Waals surface area contributed by atoms with Gasteiger partial charge in [0.1, 0.15) is 12.4 Å². The van der Waals surface area contributed by atoms with Gasteiger partial charge in [-0.15, -0.1) is 5.10 Å². The maximum atomic E-state index is 12.6. The lowest BCUT2D eigenvalue weighted by atomic mass is 10.2. The first-order valence-electron chi connectivity index (χ1n) is 8.29. The lowest BCUT2D eigenvalue weighted by molar-refractivity contribution is 0.572. The summed E-state index contributed by atoms with van der Waals surface area (Å²) in [5.41, 5.74) is 0.104. The highest BCUT2D eigenvalue weighted by atomic mass is 32.2. The average Bonchev–Trinajstić information content (AvgIpc) is 3.00. The molecule has 26 heavy (non-hydrogen) atoms. The van der Waals surface area contributed by atoms with E-state index >= 15 is 0 Å². The van der Waals surface area contributed by atoms with E-state index in [2.05, 4.69) is 22.1 Å². The summed E-state index contributed by atoms with van der Waals surface area (Å²) in [5, 5.41) is 16.6. The highest BCUT2D eigenvalue weighted by Crippen LogP contribution is 2.20. The Balaban J connectivity index is 1.94. The van der Waals surface area contributed by atoms with Gasteiger partial charge in [0.05, 0.1) is 22.7 Å². The van der Waals surface area contributed by atoms with Gasteiger partial charge < -0.3 is 0 Å². The van der Waals surface area contributed by atoms with E-state index in [9.17, 15) is 9.59 Å². The predicted octanol–water partition coefficient (Wildman–Crippen LogP) is 1.90. The number of hydrogen-bond donors (Lipinski definition) is 1. The minimum Gasteiger partial charge on any atom is -0.281 e. The summed E-state index contributed by atoms with van der Waals surface area (Å²) < 4.78 is 2.96. The first-order valence-corrected chi connectivity index (χ1v) is 9.27. The zero-order valence-corrected chi connectivity index (χ0v) is 15.1. The fraction of sp³-hybridized carbons (Fsp3) is 0.353. The minimum absolute atomic E-state index is 0.0736. The van der Waals surface area contributed by atoms with Gasteiger partial charge in [-0.3, -0.25) is 13.9 Å². The highest BCUT2D eigenvalue weighted by Gasteiger charge is 2.14. The van der Waals surface area contributed by atoms with Crippen LogP contribution in [0.3, 0.4) is 0 Å². The van der Waals surface area contributed by atoms with Gasteiger partial charge >= 0.3 is 5.69 Å². The second-order valence-electron chi connectivity index (χ2n) is 5.70. The van der Waals surface area contributed by atoms with Crippen molar-refractivity contribution in [1.82, 2.24) is 24.3 Å². The number of aromatic amines is 1. The molecule has 3 rings (SSSR count). The molecule has 0 spiro atoms. The van der Waals surface area contributed by atoms with Crippen LogP contribution in [0.5, 0.6) is 0 Å².